The van der Waals surface area contributed by atoms with Crippen molar-refractivity contribution in [1.82, 2.24) is 4.98 Å². The molecule has 1 aromatic heterocycles. The monoisotopic (exact) mass is 230 g/mol. The molecule has 1 amide bonds. The Balaban J connectivity index is 2.55. The molecule has 0 aliphatic carbocycles. The molecule has 0 aliphatic rings. The summed E-state index contributed by atoms with van der Waals surface area (Å²) in [6.45, 7) is 1.85. The minimum Gasteiger partial charge on any atom is -0.388 e. The molecule has 2 rings (SSSR count). The van der Waals surface area contributed by atoms with Crippen molar-refractivity contribution in [2.45, 2.75) is 19.4 Å². The Bertz CT molecular complexity index is 566. The average Bonchev–Trinajstić information content (AvgIpc) is 2.26. The smallest absolute Gasteiger partial charge is 0.220 e. The van der Waals surface area contributed by atoms with Gasteiger partial charge < -0.3 is 10.8 Å². The number of pyridine rings is 1. The molecule has 1 aromatic carbocycles. The van der Waals surface area contributed by atoms with Gasteiger partial charge in [-0.3, -0.25) is 9.78 Å². The number of carbonyl (C=O) groups excluding carboxylic acids is 1. The maximum atomic E-state index is 10.9. The van der Waals surface area contributed by atoms with Gasteiger partial charge in [0, 0.05) is 11.1 Å². The van der Waals surface area contributed by atoms with Crippen molar-refractivity contribution in [3.05, 3.63) is 41.6 Å². The van der Waals surface area contributed by atoms with Gasteiger partial charge in [-0.2, -0.15) is 0 Å². The summed E-state index contributed by atoms with van der Waals surface area (Å²) in [5, 5.41) is 10.8. The average molecular weight is 230 g/mol. The zero-order valence-electron chi connectivity index (χ0n) is 9.55. The van der Waals surface area contributed by atoms with Crippen molar-refractivity contribution in [3.8, 4) is 0 Å². The Morgan fingerprint density at radius 3 is 2.88 bits per heavy atom. The van der Waals surface area contributed by atoms with Crippen LogP contribution in [0.1, 0.15) is 23.8 Å². The molecule has 2 aromatic rings. The van der Waals surface area contributed by atoms with Gasteiger partial charge in [0.1, 0.15) is 0 Å². The third kappa shape index (κ3) is 2.42. The molecule has 1 atom stereocenters. The van der Waals surface area contributed by atoms with E-state index in [2.05, 4.69) is 4.98 Å². The number of aliphatic hydroxyl groups excluding tert-OH is 1. The van der Waals surface area contributed by atoms with Crippen LogP contribution in [-0.2, 0) is 4.79 Å². The minimum absolute atomic E-state index is 0.0759. The lowest BCUT2D eigenvalue weighted by atomic mass is 10.0. The molecule has 3 N–H and O–H groups in total. The molecule has 0 radical (unpaired) electrons. The molecule has 17 heavy (non-hydrogen) atoms. The number of aliphatic hydroxyl groups is 1. The van der Waals surface area contributed by atoms with Crippen LogP contribution < -0.4 is 5.73 Å². The summed E-state index contributed by atoms with van der Waals surface area (Å²) in [4.78, 5) is 15.2. The van der Waals surface area contributed by atoms with Crippen LogP contribution in [0.25, 0.3) is 10.9 Å². The number of hydrogen-bond donors (Lipinski definition) is 2. The second kappa shape index (κ2) is 4.51. The summed E-state index contributed by atoms with van der Waals surface area (Å²) in [5.41, 5.74) is 7.42. The second-order valence-corrected chi connectivity index (χ2v) is 4.06. The molecule has 88 valence electrons. The molecule has 0 fully saturated rings. The highest BCUT2D eigenvalue weighted by atomic mass is 16.3. The van der Waals surface area contributed by atoms with Gasteiger partial charge in [-0.15, -0.1) is 0 Å². The van der Waals surface area contributed by atoms with Gasteiger partial charge >= 0.3 is 0 Å². The van der Waals surface area contributed by atoms with E-state index in [9.17, 15) is 9.90 Å². The fraction of sp³-hybridized carbons (Fsp3) is 0.231. The highest BCUT2D eigenvalue weighted by Gasteiger charge is 2.14. The number of nitrogens with zero attached hydrogens (tertiary/aromatic N) is 1. The lowest BCUT2D eigenvalue weighted by Gasteiger charge is -2.12. The van der Waals surface area contributed by atoms with E-state index >= 15 is 0 Å². The van der Waals surface area contributed by atoms with Crippen LogP contribution in [0.2, 0.25) is 0 Å². The van der Waals surface area contributed by atoms with Gasteiger partial charge in [-0.1, -0.05) is 18.2 Å². The molecular weight excluding hydrogens is 216 g/mol. The largest absolute Gasteiger partial charge is 0.388 e. The SMILES string of the molecule is Cc1cc(C(O)CC(N)=O)c2ccccc2n1. The highest BCUT2D eigenvalue weighted by Crippen LogP contribution is 2.25. The second-order valence-electron chi connectivity index (χ2n) is 4.06. The van der Waals surface area contributed by atoms with Gasteiger partial charge in [0.15, 0.2) is 0 Å². The summed E-state index contributed by atoms with van der Waals surface area (Å²) in [5.74, 6) is -0.518. The predicted molar refractivity (Wildman–Crippen MR) is 65.3 cm³/mol. The standard InChI is InChI=1S/C13H14N2O2/c1-8-6-10(12(16)7-13(14)17)9-4-2-3-5-11(9)15-8/h2-6,12,16H,7H2,1H3,(H2,14,17). The van der Waals surface area contributed by atoms with Gasteiger partial charge in [0.25, 0.3) is 0 Å². The van der Waals surface area contributed by atoms with E-state index in [1.165, 1.54) is 0 Å². The number of primary amides is 1. The van der Waals surface area contributed by atoms with Crippen molar-refractivity contribution >= 4 is 16.8 Å². The summed E-state index contributed by atoms with van der Waals surface area (Å²) in [6, 6.07) is 9.30. The van der Waals surface area contributed by atoms with Crippen LogP contribution in [0.4, 0.5) is 0 Å². The van der Waals surface area contributed by atoms with Gasteiger partial charge in [0.2, 0.25) is 5.91 Å². The number of aromatic nitrogens is 1. The number of aryl methyl sites for hydroxylation is 1. The van der Waals surface area contributed by atoms with Crippen LogP contribution in [0, 0.1) is 6.92 Å². The molecule has 0 bridgehead atoms. The topological polar surface area (TPSA) is 76.2 Å². The fourth-order valence-corrected chi connectivity index (χ4v) is 1.92. The normalized spacial score (nSPS) is 12.6. The maximum Gasteiger partial charge on any atom is 0.220 e. The Morgan fingerprint density at radius 1 is 1.47 bits per heavy atom. The first kappa shape index (κ1) is 11.5. The maximum absolute atomic E-state index is 10.9. The predicted octanol–water partition coefficient (Wildman–Crippen LogP) is 1.45. The molecule has 4 heteroatoms. The van der Waals surface area contributed by atoms with E-state index < -0.39 is 12.0 Å². The zero-order valence-corrected chi connectivity index (χ0v) is 9.55. The van der Waals surface area contributed by atoms with E-state index in [1.54, 1.807) is 6.07 Å². The summed E-state index contributed by atoms with van der Waals surface area (Å²) < 4.78 is 0. The quantitative estimate of drug-likeness (QED) is 0.837. The van der Waals surface area contributed by atoms with Crippen LogP contribution in [0.5, 0.6) is 0 Å². The number of benzene rings is 1. The number of fused-ring (bicyclic) bond motifs is 1. The first-order chi connectivity index (χ1) is 8.08. The Labute approximate surface area is 99.1 Å². The molecule has 0 spiro atoms. The van der Waals surface area contributed by atoms with Crippen molar-refractivity contribution in [1.29, 1.82) is 0 Å². The molecular formula is C13H14N2O2. The summed E-state index contributed by atoms with van der Waals surface area (Å²) >= 11 is 0. The first-order valence-electron chi connectivity index (χ1n) is 5.40. The molecule has 0 saturated heterocycles. The Morgan fingerprint density at radius 2 is 2.18 bits per heavy atom. The van der Waals surface area contributed by atoms with Crippen molar-refractivity contribution in [2.75, 3.05) is 0 Å². The van der Waals surface area contributed by atoms with Crippen LogP contribution in [0.3, 0.4) is 0 Å². The van der Waals surface area contributed by atoms with Crippen LogP contribution in [-0.4, -0.2) is 16.0 Å². The number of rotatable bonds is 3. The zero-order chi connectivity index (χ0) is 12.4. The molecule has 1 heterocycles. The van der Waals surface area contributed by atoms with Gasteiger partial charge in [-0.25, -0.2) is 0 Å². The number of nitrogens with two attached hydrogens (primary N) is 1. The third-order valence-electron chi connectivity index (χ3n) is 2.63. The minimum atomic E-state index is -0.876. The Hall–Kier alpha value is -1.94. The molecule has 1 unspecified atom stereocenters. The van der Waals surface area contributed by atoms with E-state index in [-0.39, 0.29) is 6.42 Å². The first-order valence-corrected chi connectivity index (χ1v) is 5.40. The van der Waals surface area contributed by atoms with E-state index in [0.29, 0.717) is 5.56 Å². The van der Waals surface area contributed by atoms with Crippen LogP contribution in [0.15, 0.2) is 30.3 Å². The van der Waals surface area contributed by atoms with Crippen LogP contribution >= 0.6 is 0 Å². The lowest BCUT2D eigenvalue weighted by Crippen LogP contribution is -2.15. The number of amides is 1. The fourth-order valence-electron chi connectivity index (χ4n) is 1.92. The summed E-state index contributed by atoms with van der Waals surface area (Å²) in [6.07, 6.45) is -0.952. The van der Waals surface area contributed by atoms with Crippen molar-refractivity contribution in [2.24, 2.45) is 5.73 Å². The Kier molecular flexibility index (Phi) is 3.06. The summed E-state index contributed by atoms with van der Waals surface area (Å²) in [7, 11) is 0. The third-order valence-corrected chi connectivity index (χ3v) is 2.63. The molecule has 0 saturated carbocycles. The van der Waals surface area contributed by atoms with E-state index in [1.807, 2.05) is 31.2 Å². The van der Waals surface area contributed by atoms with Crippen molar-refractivity contribution < 1.29 is 9.90 Å². The molecule has 0 aliphatic heterocycles. The highest BCUT2D eigenvalue weighted by molar-refractivity contribution is 5.83. The lowest BCUT2D eigenvalue weighted by molar-refractivity contribution is -0.119. The number of para-hydroxylation sites is 1. The van der Waals surface area contributed by atoms with Gasteiger partial charge in [-0.05, 0) is 24.6 Å². The van der Waals surface area contributed by atoms with E-state index in [0.717, 1.165) is 16.6 Å². The molecule has 4 nitrogen and oxygen atoms in total. The van der Waals surface area contributed by atoms with Gasteiger partial charge in [0.05, 0.1) is 18.0 Å². The van der Waals surface area contributed by atoms with Crippen molar-refractivity contribution in [3.63, 3.8) is 0 Å². The number of carbonyl (C=O) groups is 1. The van der Waals surface area contributed by atoms with E-state index in [4.69, 9.17) is 5.73 Å². The number of hydrogen-bond acceptors (Lipinski definition) is 3.